The SMILES string of the molecule is CCN(C)C(=S)C1CCS/C1=C/C=S. The van der Waals surface area contributed by atoms with Crippen molar-refractivity contribution in [1.29, 1.82) is 0 Å². The number of hydrogen-bond acceptors (Lipinski definition) is 3. The minimum absolute atomic E-state index is 0.430. The van der Waals surface area contributed by atoms with Gasteiger partial charge in [-0.15, -0.1) is 11.8 Å². The maximum atomic E-state index is 5.45. The topological polar surface area (TPSA) is 3.24 Å². The van der Waals surface area contributed by atoms with E-state index in [1.165, 1.54) is 4.91 Å². The van der Waals surface area contributed by atoms with Gasteiger partial charge in [0.05, 0.1) is 4.99 Å². The van der Waals surface area contributed by atoms with E-state index >= 15 is 0 Å². The van der Waals surface area contributed by atoms with Gasteiger partial charge >= 0.3 is 0 Å². The third kappa shape index (κ3) is 2.78. The molecule has 0 aromatic heterocycles. The summed E-state index contributed by atoms with van der Waals surface area (Å²) in [5.41, 5.74) is 0. The van der Waals surface area contributed by atoms with Gasteiger partial charge in [-0.3, -0.25) is 0 Å². The van der Waals surface area contributed by atoms with E-state index in [1.54, 1.807) is 5.37 Å². The highest BCUT2D eigenvalue weighted by atomic mass is 32.2. The monoisotopic (exact) mass is 245 g/mol. The average molecular weight is 245 g/mol. The summed E-state index contributed by atoms with van der Waals surface area (Å²) >= 11 is 12.2. The quantitative estimate of drug-likeness (QED) is 0.555. The van der Waals surface area contributed by atoms with Crippen LogP contribution in [0.2, 0.25) is 0 Å². The highest BCUT2D eigenvalue weighted by Gasteiger charge is 2.26. The highest BCUT2D eigenvalue weighted by Crippen LogP contribution is 2.37. The Hall–Kier alpha value is 0.0700. The third-order valence-electron chi connectivity index (χ3n) is 2.40. The molecule has 1 aliphatic heterocycles. The van der Waals surface area contributed by atoms with Gasteiger partial charge in [0.2, 0.25) is 0 Å². The van der Waals surface area contributed by atoms with Gasteiger partial charge in [0, 0.05) is 24.9 Å². The summed E-state index contributed by atoms with van der Waals surface area (Å²) in [5.74, 6) is 1.59. The Balaban J connectivity index is 2.71. The molecule has 1 heterocycles. The Bertz CT molecular complexity index is 260. The molecule has 1 fully saturated rings. The molecule has 0 N–H and O–H groups in total. The molecule has 0 saturated carbocycles. The van der Waals surface area contributed by atoms with Crippen molar-refractivity contribution in [2.45, 2.75) is 13.3 Å². The van der Waals surface area contributed by atoms with Crippen LogP contribution >= 0.6 is 36.2 Å². The molecule has 0 spiro atoms. The molecule has 1 rings (SSSR count). The van der Waals surface area contributed by atoms with Crippen molar-refractivity contribution >= 4 is 46.6 Å². The van der Waals surface area contributed by atoms with E-state index in [0.717, 1.165) is 23.7 Å². The molecule has 1 unspecified atom stereocenters. The second-order valence-electron chi connectivity index (χ2n) is 3.25. The Labute approximate surface area is 101 Å². The first-order chi connectivity index (χ1) is 6.70. The van der Waals surface area contributed by atoms with E-state index < -0.39 is 0 Å². The van der Waals surface area contributed by atoms with Crippen molar-refractivity contribution in [2.75, 3.05) is 19.3 Å². The molecule has 0 aliphatic carbocycles. The Morgan fingerprint density at radius 2 is 2.43 bits per heavy atom. The molecule has 0 bridgehead atoms. The van der Waals surface area contributed by atoms with E-state index in [4.69, 9.17) is 24.4 Å². The van der Waals surface area contributed by atoms with Gasteiger partial charge in [-0.25, -0.2) is 0 Å². The number of allylic oxidation sites excluding steroid dienone is 1. The Morgan fingerprint density at radius 1 is 1.71 bits per heavy atom. The van der Waals surface area contributed by atoms with Crippen LogP contribution in [0.15, 0.2) is 11.0 Å². The standard InChI is InChI=1S/C10H15NS3/c1-3-11(2)10(13)8-5-7-14-9(8)4-6-12/h4,6,8H,3,5,7H2,1-2H3/b9-4+. The zero-order valence-corrected chi connectivity index (χ0v) is 11.0. The molecule has 1 aliphatic rings. The van der Waals surface area contributed by atoms with Gasteiger partial charge in [0.15, 0.2) is 0 Å². The maximum Gasteiger partial charge on any atom is 0.0858 e. The first-order valence-corrected chi connectivity index (χ1v) is 6.60. The summed E-state index contributed by atoms with van der Waals surface area (Å²) in [6, 6.07) is 0. The van der Waals surface area contributed by atoms with Crippen molar-refractivity contribution in [3.63, 3.8) is 0 Å². The lowest BCUT2D eigenvalue weighted by molar-refractivity contribution is 0.516. The second kappa shape index (κ2) is 5.83. The summed E-state index contributed by atoms with van der Waals surface area (Å²) in [7, 11) is 2.06. The summed E-state index contributed by atoms with van der Waals surface area (Å²) in [5, 5.41) is 1.69. The van der Waals surface area contributed by atoms with Crippen molar-refractivity contribution in [2.24, 2.45) is 5.92 Å². The molecule has 14 heavy (non-hydrogen) atoms. The van der Waals surface area contributed by atoms with Gasteiger partial charge < -0.3 is 4.90 Å². The summed E-state index contributed by atoms with van der Waals surface area (Å²) in [4.78, 5) is 4.54. The van der Waals surface area contributed by atoms with Crippen LogP contribution in [0.5, 0.6) is 0 Å². The van der Waals surface area contributed by atoms with E-state index in [0.29, 0.717) is 5.92 Å². The zero-order chi connectivity index (χ0) is 10.6. The zero-order valence-electron chi connectivity index (χ0n) is 8.53. The van der Waals surface area contributed by atoms with Gasteiger partial charge in [-0.1, -0.05) is 24.4 Å². The summed E-state index contributed by atoms with van der Waals surface area (Å²) in [6.07, 6.45) is 3.18. The molecule has 4 heteroatoms. The fraction of sp³-hybridized carbons (Fsp3) is 0.600. The number of hydrogen-bond donors (Lipinski definition) is 0. The van der Waals surface area contributed by atoms with Crippen LogP contribution in [0.3, 0.4) is 0 Å². The van der Waals surface area contributed by atoms with Crippen molar-refractivity contribution in [3.8, 4) is 0 Å². The molecule has 1 nitrogen and oxygen atoms in total. The van der Waals surface area contributed by atoms with Gasteiger partial charge in [0.25, 0.3) is 0 Å². The van der Waals surface area contributed by atoms with Crippen LogP contribution in [0.1, 0.15) is 13.3 Å². The molecule has 1 saturated heterocycles. The molecule has 1 atom stereocenters. The molecular formula is C10H15NS3. The second-order valence-corrected chi connectivity index (χ2v) is 5.11. The largest absolute Gasteiger partial charge is 0.369 e. The van der Waals surface area contributed by atoms with Gasteiger partial charge in [0.1, 0.15) is 0 Å². The van der Waals surface area contributed by atoms with Crippen LogP contribution in [0.4, 0.5) is 0 Å². The van der Waals surface area contributed by atoms with E-state index in [2.05, 4.69) is 18.9 Å². The van der Waals surface area contributed by atoms with Crippen molar-refractivity contribution in [1.82, 2.24) is 4.90 Å². The number of nitrogens with zero attached hydrogens (tertiary/aromatic N) is 1. The summed E-state index contributed by atoms with van der Waals surface area (Å²) in [6.45, 7) is 3.10. The highest BCUT2D eigenvalue weighted by molar-refractivity contribution is 8.03. The van der Waals surface area contributed by atoms with Crippen LogP contribution in [-0.2, 0) is 0 Å². The molecule has 0 radical (unpaired) electrons. The lowest BCUT2D eigenvalue weighted by Crippen LogP contribution is -2.30. The van der Waals surface area contributed by atoms with E-state index in [9.17, 15) is 0 Å². The predicted molar refractivity (Wildman–Crippen MR) is 73.2 cm³/mol. The lowest BCUT2D eigenvalue weighted by atomic mass is 10.1. The minimum atomic E-state index is 0.430. The Morgan fingerprint density at radius 3 is 3.00 bits per heavy atom. The molecule has 0 aromatic rings. The molecule has 78 valence electrons. The Kier molecular flexibility index (Phi) is 5.06. The normalized spacial score (nSPS) is 23.9. The number of thioether (sulfide) groups is 1. The first-order valence-electron chi connectivity index (χ1n) is 4.73. The van der Waals surface area contributed by atoms with E-state index in [-0.39, 0.29) is 0 Å². The van der Waals surface area contributed by atoms with Crippen LogP contribution in [0.25, 0.3) is 0 Å². The third-order valence-corrected chi connectivity index (χ3v) is 4.33. The van der Waals surface area contributed by atoms with Crippen molar-refractivity contribution in [3.05, 3.63) is 11.0 Å². The maximum absolute atomic E-state index is 5.45. The first kappa shape index (κ1) is 12.1. The van der Waals surface area contributed by atoms with Gasteiger partial charge in [-0.05, 0) is 30.1 Å². The number of rotatable bonds is 3. The molecule has 0 aromatic carbocycles. The van der Waals surface area contributed by atoms with E-state index in [1.807, 2.05) is 17.8 Å². The smallest absolute Gasteiger partial charge is 0.0858 e. The van der Waals surface area contributed by atoms with Crippen LogP contribution in [-0.4, -0.2) is 34.6 Å². The number of thiocarbonyl (C=S) groups is 2. The fourth-order valence-corrected chi connectivity index (χ4v) is 3.30. The average Bonchev–Trinajstić information content (AvgIpc) is 2.64. The van der Waals surface area contributed by atoms with Crippen LogP contribution in [0, 0.1) is 5.92 Å². The van der Waals surface area contributed by atoms with Crippen LogP contribution < -0.4 is 0 Å². The van der Waals surface area contributed by atoms with Crippen molar-refractivity contribution < 1.29 is 0 Å². The fourth-order valence-electron chi connectivity index (χ4n) is 1.44. The minimum Gasteiger partial charge on any atom is -0.369 e. The van der Waals surface area contributed by atoms with Gasteiger partial charge in [-0.2, -0.15) is 0 Å². The molecule has 0 amide bonds. The molecular weight excluding hydrogens is 230 g/mol. The predicted octanol–water partition coefficient (Wildman–Crippen LogP) is 2.90. The lowest BCUT2D eigenvalue weighted by Gasteiger charge is -2.23. The summed E-state index contributed by atoms with van der Waals surface area (Å²) < 4.78 is 0.